The Bertz CT molecular complexity index is 886. The second-order valence-electron chi connectivity index (χ2n) is 7.06. The van der Waals surface area contributed by atoms with Crippen LogP contribution in [0.2, 0.25) is 0 Å². The molecule has 0 radical (unpaired) electrons. The second kappa shape index (κ2) is 8.17. The summed E-state index contributed by atoms with van der Waals surface area (Å²) in [6.45, 7) is 3.71. The summed E-state index contributed by atoms with van der Waals surface area (Å²) in [6, 6.07) is 16.2. The van der Waals surface area contributed by atoms with E-state index in [2.05, 4.69) is 30.1 Å². The second-order valence-corrected chi connectivity index (χ2v) is 8.34. The molecule has 1 fully saturated rings. The normalized spacial score (nSPS) is 17.4. The van der Waals surface area contributed by atoms with E-state index in [9.17, 15) is 4.79 Å². The summed E-state index contributed by atoms with van der Waals surface area (Å²) in [4.78, 5) is 23.1. The van der Waals surface area contributed by atoms with Gasteiger partial charge in [-0.2, -0.15) is 11.8 Å². The number of amides is 1. The number of hydrogen-bond donors (Lipinski definition) is 1. The van der Waals surface area contributed by atoms with E-state index in [1.54, 1.807) is 0 Å². The van der Waals surface area contributed by atoms with Crippen molar-refractivity contribution in [2.75, 3.05) is 18.8 Å². The molecule has 4 nitrogen and oxygen atoms in total. The molecule has 1 unspecified atom stereocenters. The van der Waals surface area contributed by atoms with Crippen LogP contribution in [0.5, 0.6) is 0 Å². The molecule has 1 N–H and O–H groups in total. The summed E-state index contributed by atoms with van der Waals surface area (Å²) in [5.74, 6) is 3.52. The van der Waals surface area contributed by atoms with Gasteiger partial charge in [0.25, 0.3) is 5.91 Å². The van der Waals surface area contributed by atoms with Crippen LogP contribution in [0.25, 0.3) is 11.0 Å². The first-order valence-electron chi connectivity index (χ1n) is 9.65. The maximum absolute atomic E-state index is 13.0. The highest BCUT2D eigenvalue weighted by atomic mass is 32.2. The Kier molecular flexibility index (Phi) is 5.48. The van der Waals surface area contributed by atoms with Crippen molar-refractivity contribution in [2.24, 2.45) is 0 Å². The molecule has 5 heteroatoms. The Morgan fingerprint density at radius 3 is 2.81 bits per heavy atom. The SMILES string of the molecule is CCSCc1ccc(C(=O)N2CCCC(c3nc4ccccc4[nH]3)C2)cc1. The third-order valence-corrected chi connectivity index (χ3v) is 6.12. The monoisotopic (exact) mass is 379 g/mol. The number of thioether (sulfide) groups is 1. The topological polar surface area (TPSA) is 49.0 Å². The predicted octanol–water partition coefficient (Wildman–Crippen LogP) is 4.84. The zero-order valence-corrected chi connectivity index (χ0v) is 16.5. The van der Waals surface area contributed by atoms with Crippen molar-refractivity contribution in [1.29, 1.82) is 0 Å². The minimum atomic E-state index is 0.130. The van der Waals surface area contributed by atoms with Gasteiger partial charge in [-0.25, -0.2) is 4.98 Å². The molecule has 4 rings (SSSR count). The zero-order chi connectivity index (χ0) is 18.6. The molecular formula is C22H25N3OS. The van der Waals surface area contributed by atoms with Crippen molar-refractivity contribution in [3.05, 3.63) is 65.5 Å². The van der Waals surface area contributed by atoms with Gasteiger partial charge in [0.05, 0.1) is 11.0 Å². The Labute approximate surface area is 164 Å². The standard InChI is InChI=1S/C22H25N3OS/c1-2-27-15-16-9-11-17(12-10-16)22(26)25-13-5-6-18(14-25)21-23-19-7-3-4-8-20(19)24-21/h3-4,7-12,18H,2,5-6,13-15H2,1H3,(H,23,24). The van der Waals surface area contributed by atoms with Crippen molar-refractivity contribution >= 4 is 28.7 Å². The van der Waals surface area contributed by atoms with Crippen LogP contribution >= 0.6 is 11.8 Å². The highest BCUT2D eigenvalue weighted by Crippen LogP contribution is 2.27. The predicted molar refractivity (Wildman–Crippen MR) is 112 cm³/mol. The molecule has 1 atom stereocenters. The molecule has 2 aromatic carbocycles. The van der Waals surface area contributed by atoms with E-state index >= 15 is 0 Å². The lowest BCUT2D eigenvalue weighted by Gasteiger charge is -2.32. The van der Waals surface area contributed by atoms with E-state index in [4.69, 9.17) is 4.98 Å². The number of carbonyl (C=O) groups is 1. The molecule has 1 aromatic heterocycles. The minimum absolute atomic E-state index is 0.130. The van der Waals surface area contributed by atoms with Crippen molar-refractivity contribution in [3.63, 3.8) is 0 Å². The molecule has 0 bridgehead atoms. The van der Waals surface area contributed by atoms with Crippen molar-refractivity contribution in [1.82, 2.24) is 14.9 Å². The average molecular weight is 380 g/mol. The van der Waals surface area contributed by atoms with Gasteiger partial charge in [0.15, 0.2) is 0 Å². The number of likely N-dealkylation sites (tertiary alicyclic amines) is 1. The summed E-state index contributed by atoms with van der Waals surface area (Å²) < 4.78 is 0. The first kappa shape index (κ1) is 18.1. The lowest BCUT2D eigenvalue weighted by Crippen LogP contribution is -2.39. The molecule has 1 amide bonds. The van der Waals surface area contributed by atoms with Crippen LogP contribution in [0, 0.1) is 0 Å². The van der Waals surface area contributed by atoms with Gasteiger partial charge in [-0.3, -0.25) is 4.79 Å². The Morgan fingerprint density at radius 2 is 2.04 bits per heavy atom. The fourth-order valence-electron chi connectivity index (χ4n) is 3.70. The quantitative estimate of drug-likeness (QED) is 0.690. The van der Waals surface area contributed by atoms with Gasteiger partial charge < -0.3 is 9.88 Å². The number of aromatic nitrogens is 2. The maximum atomic E-state index is 13.0. The van der Waals surface area contributed by atoms with Crippen LogP contribution in [-0.2, 0) is 5.75 Å². The highest BCUT2D eigenvalue weighted by molar-refractivity contribution is 7.98. The zero-order valence-electron chi connectivity index (χ0n) is 15.6. The van der Waals surface area contributed by atoms with Gasteiger partial charge in [-0.1, -0.05) is 31.2 Å². The lowest BCUT2D eigenvalue weighted by molar-refractivity contribution is 0.0705. The summed E-state index contributed by atoms with van der Waals surface area (Å²) >= 11 is 1.90. The molecule has 1 saturated heterocycles. The molecule has 3 aromatic rings. The van der Waals surface area contributed by atoms with Gasteiger partial charge in [0, 0.05) is 30.3 Å². The molecule has 0 aliphatic carbocycles. The van der Waals surface area contributed by atoms with E-state index in [1.807, 2.05) is 47.0 Å². The number of imidazole rings is 1. The number of aromatic amines is 1. The van der Waals surface area contributed by atoms with Crippen LogP contribution in [0.1, 0.15) is 47.4 Å². The molecule has 1 aliphatic rings. The van der Waals surface area contributed by atoms with Gasteiger partial charge >= 0.3 is 0 Å². The van der Waals surface area contributed by atoms with E-state index in [-0.39, 0.29) is 11.8 Å². The van der Waals surface area contributed by atoms with Crippen LogP contribution in [-0.4, -0.2) is 39.6 Å². The van der Waals surface area contributed by atoms with Crippen LogP contribution in [0.4, 0.5) is 0 Å². The summed E-state index contributed by atoms with van der Waals surface area (Å²) in [5, 5.41) is 0. The molecule has 0 saturated carbocycles. The average Bonchev–Trinajstić information content (AvgIpc) is 3.16. The summed E-state index contributed by atoms with van der Waals surface area (Å²) in [6.07, 6.45) is 2.08. The number of nitrogens with one attached hydrogen (secondary N) is 1. The number of nitrogens with zero attached hydrogens (tertiary/aromatic N) is 2. The van der Waals surface area contributed by atoms with Crippen LogP contribution in [0.3, 0.4) is 0 Å². The number of benzene rings is 2. The molecule has 0 spiro atoms. The van der Waals surface area contributed by atoms with Crippen molar-refractivity contribution in [2.45, 2.75) is 31.4 Å². The lowest BCUT2D eigenvalue weighted by atomic mass is 9.96. The molecular weight excluding hydrogens is 354 g/mol. The van der Waals surface area contributed by atoms with E-state index in [0.717, 1.165) is 59.9 Å². The summed E-state index contributed by atoms with van der Waals surface area (Å²) in [5.41, 5.74) is 4.12. The Balaban J connectivity index is 1.46. The number of para-hydroxylation sites is 2. The minimum Gasteiger partial charge on any atom is -0.342 e. The highest BCUT2D eigenvalue weighted by Gasteiger charge is 2.27. The Morgan fingerprint density at radius 1 is 1.22 bits per heavy atom. The van der Waals surface area contributed by atoms with Gasteiger partial charge in [-0.15, -0.1) is 0 Å². The number of piperidine rings is 1. The molecule has 27 heavy (non-hydrogen) atoms. The van der Waals surface area contributed by atoms with Gasteiger partial charge in [0.2, 0.25) is 0 Å². The summed E-state index contributed by atoms with van der Waals surface area (Å²) in [7, 11) is 0. The number of H-pyrrole nitrogens is 1. The third-order valence-electron chi connectivity index (χ3n) is 5.18. The number of rotatable bonds is 5. The van der Waals surface area contributed by atoms with Gasteiger partial charge in [-0.05, 0) is 48.4 Å². The van der Waals surface area contributed by atoms with E-state index in [0.29, 0.717) is 0 Å². The fraction of sp³-hybridized carbons (Fsp3) is 0.364. The van der Waals surface area contributed by atoms with Crippen LogP contribution in [0.15, 0.2) is 48.5 Å². The first-order valence-corrected chi connectivity index (χ1v) is 10.8. The third kappa shape index (κ3) is 4.03. The Hall–Kier alpha value is -2.27. The molecule has 140 valence electrons. The molecule has 2 heterocycles. The van der Waals surface area contributed by atoms with Gasteiger partial charge in [0.1, 0.15) is 5.82 Å². The van der Waals surface area contributed by atoms with Crippen molar-refractivity contribution < 1.29 is 4.79 Å². The first-order chi connectivity index (χ1) is 13.2. The van der Waals surface area contributed by atoms with Crippen molar-refractivity contribution in [3.8, 4) is 0 Å². The smallest absolute Gasteiger partial charge is 0.253 e. The van der Waals surface area contributed by atoms with E-state index < -0.39 is 0 Å². The number of carbonyl (C=O) groups excluding carboxylic acids is 1. The van der Waals surface area contributed by atoms with Crippen LogP contribution < -0.4 is 0 Å². The number of fused-ring (bicyclic) bond motifs is 1. The molecule has 1 aliphatic heterocycles. The van der Waals surface area contributed by atoms with E-state index in [1.165, 1.54) is 5.56 Å². The maximum Gasteiger partial charge on any atom is 0.253 e. The fourth-order valence-corrected chi connectivity index (χ4v) is 4.33. The largest absolute Gasteiger partial charge is 0.342 e. The number of hydrogen-bond acceptors (Lipinski definition) is 3.